The molecule has 1 aromatic rings. The Bertz CT molecular complexity index is 423. The number of carbonyl (C=O) groups is 2. The number of amides is 1. The van der Waals surface area contributed by atoms with Gasteiger partial charge in [0.1, 0.15) is 12.0 Å². The minimum Gasteiger partial charge on any atom is -0.508 e. The molecule has 1 atom stereocenters. The Balaban J connectivity index is 2.60. The summed E-state index contributed by atoms with van der Waals surface area (Å²) >= 11 is 0. The third kappa shape index (κ3) is 4.20. The van der Waals surface area contributed by atoms with E-state index in [9.17, 15) is 9.59 Å². The number of nitrogens with one attached hydrogen (secondary N) is 1. The summed E-state index contributed by atoms with van der Waals surface area (Å²) in [4.78, 5) is 22.6. The summed E-state index contributed by atoms with van der Waals surface area (Å²) in [5.41, 5.74) is 0.139. The number of carbonyl (C=O) groups excluding carboxylic acids is 2. The molecule has 4 nitrogen and oxygen atoms in total. The minimum atomic E-state index is -0.833. The van der Waals surface area contributed by atoms with Crippen LogP contribution in [0.2, 0.25) is 0 Å². The third-order valence-electron chi connectivity index (χ3n) is 2.67. The molecule has 0 spiro atoms. The first-order chi connectivity index (χ1) is 8.34. The molecule has 0 aliphatic carbocycles. The van der Waals surface area contributed by atoms with E-state index in [1.165, 1.54) is 0 Å². The first-order valence-electron chi connectivity index (χ1n) is 5.90. The number of hydrogen-bond acceptors (Lipinski definition) is 3. The van der Waals surface area contributed by atoms with Crippen LogP contribution in [-0.2, 0) is 16.0 Å². The van der Waals surface area contributed by atoms with Gasteiger partial charge in [0, 0.05) is 5.92 Å². The molecule has 1 unspecified atom stereocenters. The Hall–Kier alpha value is -1.84. The fourth-order valence-electron chi connectivity index (χ4n) is 1.55. The molecule has 0 fully saturated rings. The molecule has 0 bridgehead atoms. The number of rotatable bonds is 5. The lowest BCUT2D eigenvalue weighted by Crippen LogP contribution is -2.47. The van der Waals surface area contributed by atoms with Crippen LogP contribution in [0.15, 0.2) is 24.3 Å². The van der Waals surface area contributed by atoms with E-state index in [0.717, 1.165) is 11.8 Å². The molecule has 18 heavy (non-hydrogen) atoms. The fraction of sp³-hybridized carbons (Fsp3) is 0.429. The molecule has 0 heterocycles. The van der Waals surface area contributed by atoms with Crippen LogP contribution in [-0.4, -0.2) is 22.8 Å². The number of aromatic hydroxyl groups is 1. The van der Waals surface area contributed by atoms with Crippen molar-refractivity contribution < 1.29 is 14.7 Å². The summed E-state index contributed by atoms with van der Waals surface area (Å²) in [6, 6.07) is 6.75. The number of aldehydes is 1. The molecule has 0 radical (unpaired) electrons. The number of hydrogen-bond donors (Lipinski definition) is 2. The van der Waals surface area contributed by atoms with Gasteiger partial charge in [-0.05, 0) is 38.0 Å². The lowest BCUT2D eigenvalue weighted by molar-refractivity contribution is -0.128. The highest BCUT2D eigenvalue weighted by Gasteiger charge is 2.22. The van der Waals surface area contributed by atoms with E-state index in [2.05, 4.69) is 5.32 Å². The third-order valence-corrected chi connectivity index (χ3v) is 2.67. The fourth-order valence-corrected chi connectivity index (χ4v) is 1.55. The van der Waals surface area contributed by atoms with E-state index >= 15 is 0 Å². The van der Waals surface area contributed by atoms with E-state index in [1.807, 2.05) is 6.92 Å². The SMILES string of the molecule is CC(Cc1ccc(O)cc1)C(=O)NC(C)(C)C=O. The first kappa shape index (κ1) is 14.2. The van der Waals surface area contributed by atoms with Crippen molar-refractivity contribution in [1.82, 2.24) is 5.32 Å². The zero-order valence-corrected chi connectivity index (χ0v) is 10.9. The highest BCUT2D eigenvalue weighted by atomic mass is 16.3. The van der Waals surface area contributed by atoms with Gasteiger partial charge in [0.25, 0.3) is 0 Å². The summed E-state index contributed by atoms with van der Waals surface area (Å²) in [5, 5.41) is 11.8. The van der Waals surface area contributed by atoms with E-state index < -0.39 is 5.54 Å². The van der Waals surface area contributed by atoms with Gasteiger partial charge in [0.15, 0.2) is 0 Å². The molecule has 4 heteroatoms. The van der Waals surface area contributed by atoms with Crippen molar-refractivity contribution in [2.45, 2.75) is 32.7 Å². The molecule has 98 valence electrons. The van der Waals surface area contributed by atoms with Crippen LogP contribution in [0.25, 0.3) is 0 Å². The second kappa shape index (κ2) is 5.67. The highest BCUT2D eigenvalue weighted by Crippen LogP contribution is 2.14. The van der Waals surface area contributed by atoms with Crippen LogP contribution in [0.1, 0.15) is 26.3 Å². The maximum atomic E-state index is 11.9. The molecule has 1 rings (SSSR count). The molecular weight excluding hydrogens is 230 g/mol. The number of phenols is 1. The monoisotopic (exact) mass is 249 g/mol. The number of phenolic OH excluding ortho intramolecular Hbond substituents is 1. The van der Waals surface area contributed by atoms with Gasteiger partial charge in [-0.3, -0.25) is 4.79 Å². The van der Waals surface area contributed by atoms with Gasteiger partial charge >= 0.3 is 0 Å². The quantitative estimate of drug-likeness (QED) is 0.780. The largest absolute Gasteiger partial charge is 0.508 e. The van der Waals surface area contributed by atoms with Crippen molar-refractivity contribution >= 4 is 12.2 Å². The number of benzene rings is 1. The van der Waals surface area contributed by atoms with Crippen LogP contribution in [0, 0.1) is 5.92 Å². The van der Waals surface area contributed by atoms with Gasteiger partial charge in [-0.1, -0.05) is 19.1 Å². The molecule has 0 saturated heterocycles. The van der Waals surface area contributed by atoms with Gasteiger partial charge in [-0.25, -0.2) is 0 Å². The molecule has 0 aliphatic heterocycles. The summed E-state index contributed by atoms with van der Waals surface area (Å²) < 4.78 is 0. The summed E-state index contributed by atoms with van der Waals surface area (Å²) in [5.74, 6) is -0.174. The predicted octanol–water partition coefficient (Wildman–Crippen LogP) is 1.66. The van der Waals surface area contributed by atoms with Crippen LogP contribution < -0.4 is 5.32 Å². The maximum absolute atomic E-state index is 11.9. The Labute approximate surface area is 107 Å². The average Bonchev–Trinajstić information content (AvgIpc) is 2.31. The summed E-state index contributed by atoms with van der Waals surface area (Å²) in [6.45, 7) is 5.12. The van der Waals surface area contributed by atoms with Crippen LogP contribution in [0.5, 0.6) is 5.75 Å². The smallest absolute Gasteiger partial charge is 0.223 e. The van der Waals surface area contributed by atoms with Gasteiger partial charge in [-0.2, -0.15) is 0 Å². The van der Waals surface area contributed by atoms with Crippen LogP contribution in [0.4, 0.5) is 0 Å². The van der Waals surface area contributed by atoms with Gasteiger partial charge in [-0.15, -0.1) is 0 Å². The highest BCUT2D eigenvalue weighted by molar-refractivity contribution is 5.83. The Kier molecular flexibility index (Phi) is 4.48. The van der Waals surface area contributed by atoms with Crippen LogP contribution >= 0.6 is 0 Å². The molecule has 1 aromatic carbocycles. The first-order valence-corrected chi connectivity index (χ1v) is 5.90. The Morgan fingerprint density at radius 3 is 2.44 bits per heavy atom. The van der Waals surface area contributed by atoms with Crippen molar-refractivity contribution in [3.8, 4) is 5.75 Å². The van der Waals surface area contributed by atoms with Crippen molar-refractivity contribution in [3.63, 3.8) is 0 Å². The molecule has 0 aliphatic rings. The lowest BCUT2D eigenvalue weighted by Gasteiger charge is -2.22. The van der Waals surface area contributed by atoms with Crippen molar-refractivity contribution in [2.75, 3.05) is 0 Å². The topological polar surface area (TPSA) is 66.4 Å². The van der Waals surface area contributed by atoms with Crippen molar-refractivity contribution in [3.05, 3.63) is 29.8 Å². The van der Waals surface area contributed by atoms with Crippen molar-refractivity contribution in [1.29, 1.82) is 0 Å². The Morgan fingerprint density at radius 1 is 1.39 bits per heavy atom. The molecular formula is C14H19NO3. The van der Waals surface area contributed by atoms with Gasteiger partial charge in [0.2, 0.25) is 5.91 Å². The van der Waals surface area contributed by atoms with E-state index in [-0.39, 0.29) is 17.6 Å². The van der Waals surface area contributed by atoms with Gasteiger partial charge in [0.05, 0.1) is 5.54 Å². The maximum Gasteiger partial charge on any atom is 0.223 e. The molecule has 1 amide bonds. The average molecular weight is 249 g/mol. The lowest BCUT2D eigenvalue weighted by atomic mass is 9.98. The zero-order chi connectivity index (χ0) is 13.8. The van der Waals surface area contributed by atoms with E-state index in [1.54, 1.807) is 38.1 Å². The predicted molar refractivity (Wildman–Crippen MR) is 69.3 cm³/mol. The zero-order valence-electron chi connectivity index (χ0n) is 10.9. The van der Waals surface area contributed by atoms with E-state index in [4.69, 9.17) is 5.11 Å². The molecule has 0 saturated carbocycles. The summed E-state index contributed by atoms with van der Waals surface area (Å²) in [6.07, 6.45) is 1.29. The van der Waals surface area contributed by atoms with Crippen LogP contribution in [0.3, 0.4) is 0 Å². The second-order valence-electron chi connectivity index (χ2n) is 5.10. The Morgan fingerprint density at radius 2 is 1.94 bits per heavy atom. The molecule has 2 N–H and O–H groups in total. The normalized spacial score (nSPS) is 12.8. The second-order valence-corrected chi connectivity index (χ2v) is 5.10. The molecule has 0 aromatic heterocycles. The van der Waals surface area contributed by atoms with Gasteiger partial charge < -0.3 is 15.2 Å². The summed E-state index contributed by atoms with van der Waals surface area (Å²) in [7, 11) is 0. The minimum absolute atomic E-state index is 0.153. The van der Waals surface area contributed by atoms with Crippen molar-refractivity contribution in [2.24, 2.45) is 5.92 Å². The standard InChI is InChI=1S/C14H19NO3/c1-10(13(18)15-14(2,3)9-16)8-11-4-6-12(17)7-5-11/h4-7,9-10,17H,8H2,1-3H3,(H,15,18). The van der Waals surface area contributed by atoms with E-state index in [0.29, 0.717) is 6.42 Å².